The van der Waals surface area contributed by atoms with E-state index in [4.69, 9.17) is 4.74 Å². The van der Waals surface area contributed by atoms with Gasteiger partial charge >= 0.3 is 12.0 Å². The van der Waals surface area contributed by atoms with Crippen molar-refractivity contribution < 1.29 is 14.3 Å². The highest BCUT2D eigenvalue weighted by Gasteiger charge is 2.26. The lowest BCUT2D eigenvalue weighted by Gasteiger charge is -2.35. The zero-order valence-electron chi connectivity index (χ0n) is 16.9. The number of esters is 1. The highest BCUT2D eigenvalue weighted by atomic mass is 16.5. The number of hydrogen-bond donors (Lipinski definition) is 0. The average molecular weight is 380 g/mol. The second kappa shape index (κ2) is 8.91. The number of anilines is 1. The Morgan fingerprint density at radius 2 is 1.79 bits per heavy atom. The van der Waals surface area contributed by atoms with Crippen molar-refractivity contribution in [3.63, 3.8) is 0 Å². The van der Waals surface area contributed by atoms with Crippen molar-refractivity contribution in [2.45, 2.75) is 33.2 Å². The summed E-state index contributed by atoms with van der Waals surface area (Å²) >= 11 is 0. The number of aryl methyl sites for hydroxylation is 1. The molecule has 0 bridgehead atoms. The van der Waals surface area contributed by atoms with Crippen LogP contribution in [0, 0.1) is 12.8 Å². The van der Waals surface area contributed by atoms with Crippen LogP contribution >= 0.6 is 0 Å². The maximum atomic E-state index is 13.3. The van der Waals surface area contributed by atoms with Gasteiger partial charge in [0, 0.05) is 18.8 Å². The van der Waals surface area contributed by atoms with E-state index in [9.17, 15) is 9.59 Å². The van der Waals surface area contributed by atoms with Crippen molar-refractivity contribution in [2.24, 2.45) is 5.92 Å². The Morgan fingerprint density at radius 3 is 2.39 bits per heavy atom. The van der Waals surface area contributed by atoms with E-state index in [1.807, 2.05) is 53.1 Å². The van der Waals surface area contributed by atoms with Crippen molar-refractivity contribution in [3.05, 3.63) is 65.2 Å². The van der Waals surface area contributed by atoms with Gasteiger partial charge in [-0.25, -0.2) is 9.59 Å². The van der Waals surface area contributed by atoms with Gasteiger partial charge in [0.1, 0.15) is 0 Å². The number of urea groups is 1. The van der Waals surface area contributed by atoms with Crippen LogP contribution in [0.15, 0.2) is 48.5 Å². The summed E-state index contributed by atoms with van der Waals surface area (Å²) < 4.78 is 4.76. The summed E-state index contributed by atoms with van der Waals surface area (Å²) in [6.45, 7) is 6.31. The number of piperidine rings is 1. The van der Waals surface area contributed by atoms with Crippen LogP contribution in [0.5, 0.6) is 0 Å². The smallest absolute Gasteiger partial charge is 0.337 e. The molecule has 1 heterocycles. The number of rotatable bonds is 4. The molecule has 0 aliphatic carbocycles. The molecule has 5 heteroatoms. The lowest BCUT2D eigenvalue weighted by Crippen LogP contribution is -2.46. The van der Waals surface area contributed by atoms with Crippen molar-refractivity contribution in [3.8, 4) is 0 Å². The van der Waals surface area contributed by atoms with Crippen LogP contribution in [0.4, 0.5) is 10.5 Å². The van der Waals surface area contributed by atoms with E-state index in [1.165, 1.54) is 7.11 Å². The molecule has 5 nitrogen and oxygen atoms in total. The molecule has 1 fully saturated rings. The number of nitrogens with zero attached hydrogens (tertiary/aromatic N) is 2. The van der Waals surface area contributed by atoms with E-state index in [2.05, 4.69) is 6.92 Å². The number of ether oxygens (including phenoxy) is 1. The van der Waals surface area contributed by atoms with Crippen LogP contribution in [0.1, 0.15) is 41.3 Å². The molecule has 3 rings (SSSR count). The molecule has 148 valence electrons. The van der Waals surface area contributed by atoms with E-state index in [-0.39, 0.29) is 12.0 Å². The van der Waals surface area contributed by atoms with Crippen molar-refractivity contribution in [2.75, 3.05) is 25.1 Å². The van der Waals surface area contributed by atoms with Gasteiger partial charge in [-0.3, -0.25) is 4.90 Å². The number of likely N-dealkylation sites (tertiary alicyclic amines) is 1. The van der Waals surface area contributed by atoms with Crippen molar-refractivity contribution in [1.82, 2.24) is 4.90 Å². The Labute approximate surface area is 166 Å². The fraction of sp³-hybridized carbons (Fsp3) is 0.391. The molecule has 0 N–H and O–H groups in total. The van der Waals surface area contributed by atoms with E-state index in [0.29, 0.717) is 18.0 Å². The van der Waals surface area contributed by atoms with Gasteiger partial charge in [-0.2, -0.15) is 0 Å². The van der Waals surface area contributed by atoms with E-state index in [0.717, 1.165) is 42.7 Å². The molecular weight excluding hydrogens is 352 g/mol. The molecule has 1 aliphatic heterocycles. The summed E-state index contributed by atoms with van der Waals surface area (Å²) in [4.78, 5) is 28.8. The third-order valence-electron chi connectivity index (χ3n) is 5.31. The van der Waals surface area contributed by atoms with Crippen LogP contribution in [0.25, 0.3) is 0 Å². The van der Waals surface area contributed by atoms with Gasteiger partial charge < -0.3 is 9.64 Å². The molecular formula is C23H28N2O3. The molecule has 2 aromatic rings. The molecule has 2 amide bonds. The summed E-state index contributed by atoms with van der Waals surface area (Å²) in [5, 5.41) is 0. The topological polar surface area (TPSA) is 49.9 Å². The molecule has 0 unspecified atom stereocenters. The monoisotopic (exact) mass is 380 g/mol. The molecule has 0 atom stereocenters. The molecule has 0 radical (unpaired) electrons. The third-order valence-corrected chi connectivity index (χ3v) is 5.31. The van der Waals surface area contributed by atoms with Gasteiger partial charge in [0.05, 0.1) is 19.2 Å². The molecule has 0 saturated carbocycles. The first-order chi connectivity index (χ1) is 13.5. The third kappa shape index (κ3) is 4.71. The summed E-state index contributed by atoms with van der Waals surface area (Å²) in [6, 6.07) is 15.3. The molecule has 1 aliphatic rings. The van der Waals surface area contributed by atoms with Crippen LogP contribution in [0.2, 0.25) is 0 Å². The van der Waals surface area contributed by atoms with Gasteiger partial charge in [0.25, 0.3) is 0 Å². The molecule has 0 spiro atoms. The predicted molar refractivity (Wildman–Crippen MR) is 111 cm³/mol. The minimum Gasteiger partial charge on any atom is -0.465 e. The van der Waals surface area contributed by atoms with Gasteiger partial charge in [0.15, 0.2) is 0 Å². The summed E-state index contributed by atoms with van der Waals surface area (Å²) in [7, 11) is 1.37. The zero-order chi connectivity index (χ0) is 20.1. The second-order valence-corrected chi connectivity index (χ2v) is 7.57. The Balaban J connectivity index is 1.84. The zero-order valence-corrected chi connectivity index (χ0v) is 16.9. The summed E-state index contributed by atoms with van der Waals surface area (Å²) in [6.07, 6.45) is 2.09. The van der Waals surface area contributed by atoms with Gasteiger partial charge in [-0.15, -0.1) is 0 Å². The van der Waals surface area contributed by atoms with Crippen molar-refractivity contribution >= 4 is 17.7 Å². The fourth-order valence-electron chi connectivity index (χ4n) is 3.48. The van der Waals surface area contributed by atoms with Gasteiger partial charge in [-0.1, -0.05) is 31.2 Å². The Morgan fingerprint density at radius 1 is 1.11 bits per heavy atom. The van der Waals surface area contributed by atoms with E-state index >= 15 is 0 Å². The minimum atomic E-state index is -0.361. The molecule has 2 aromatic carbocycles. The van der Waals surface area contributed by atoms with Gasteiger partial charge in [0.2, 0.25) is 0 Å². The first-order valence-corrected chi connectivity index (χ1v) is 9.78. The lowest BCUT2D eigenvalue weighted by atomic mass is 9.99. The van der Waals surface area contributed by atoms with Crippen LogP contribution in [-0.2, 0) is 11.3 Å². The Bertz CT molecular complexity index is 824. The van der Waals surface area contributed by atoms with E-state index < -0.39 is 0 Å². The maximum Gasteiger partial charge on any atom is 0.337 e. The Hall–Kier alpha value is -2.82. The molecule has 1 saturated heterocycles. The number of benzene rings is 2. The lowest BCUT2D eigenvalue weighted by molar-refractivity contribution is 0.0600. The number of hydrogen-bond acceptors (Lipinski definition) is 3. The minimum absolute atomic E-state index is 0.0366. The van der Waals surface area contributed by atoms with Crippen LogP contribution in [0.3, 0.4) is 0 Å². The standard InChI is InChI=1S/C23H28N2O3/c1-17-11-13-24(14-12-17)23(27)25(21-6-4-5-18(2)15-21)16-19-7-9-20(10-8-19)22(26)28-3/h4-10,15,17H,11-14,16H2,1-3H3. The van der Waals surface area contributed by atoms with Gasteiger partial charge in [-0.05, 0) is 61.1 Å². The fourth-order valence-corrected chi connectivity index (χ4v) is 3.48. The molecule has 0 aromatic heterocycles. The van der Waals surface area contributed by atoms with E-state index in [1.54, 1.807) is 12.1 Å². The number of carbonyl (C=O) groups is 2. The Kier molecular flexibility index (Phi) is 6.34. The number of amides is 2. The average Bonchev–Trinajstić information content (AvgIpc) is 2.72. The quantitative estimate of drug-likeness (QED) is 0.726. The highest BCUT2D eigenvalue weighted by Crippen LogP contribution is 2.24. The first-order valence-electron chi connectivity index (χ1n) is 9.78. The summed E-state index contributed by atoms with van der Waals surface area (Å²) in [5.74, 6) is 0.308. The highest BCUT2D eigenvalue weighted by molar-refractivity contribution is 5.92. The first kappa shape index (κ1) is 19.9. The SMILES string of the molecule is COC(=O)c1ccc(CN(C(=O)N2CCC(C)CC2)c2cccc(C)c2)cc1. The number of methoxy groups -OCH3 is 1. The largest absolute Gasteiger partial charge is 0.465 e. The van der Waals surface area contributed by atoms with Crippen LogP contribution in [-0.4, -0.2) is 37.1 Å². The predicted octanol–water partition coefficient (Wildman–Crippen LogP) is 4.64. The van der Waals surface area contributed by atoms with Crippen molar-refractivity contribution in [1.29, 1.82) is 0 Å². The number of carbonyl (C=O) groups excluding carboxylic acids is 2. The van der Waals surface area contributed by atoms with Crippen LogP contribution < -0.4 is 4.90 Å². The second-order valence-electron chi connectivity index (χ2n) is 7.57. The maximum absolute atomic E-state index is 13.3. The molecule has 28 heavy (non-hydrogen) atoms. The summed E-state index contributed by atoms with van der Waals surface area (Å²) in [5.41, 5.74) is 3.47. The normalized spacial score (nSPS) is 14.6.